The Bertz CT molecular complexity index is 1230. The lowest BCUT2D eigenvalue weighted by molar-refractivity contribution is 0.937. The van der Waals surface area contributed by atoms with Gasteiger partial charge >= 0.3 is 0 Å². The Balaban J connectivity index is 1.51. The van der Waals surface area contributed by atoms with Crippen molar-refractivity contribution in [3.63, 3.8) is 0 Å². The Morgan fingerprint density at radius 1 is 1.00 bits per heavy atom. The van der Waals surface area contributed by atoms with Crippen LogP contribution in [-0.2, 0) is 5.75 Å². The fraction of sp³-hybridized carbons (Fsp3) is 0.0588. The number of nitrogen functional groups attached to an aromatic ring is 1. The summed E-state index contributed by atoms with van der Waals surface area (Å²) in [6.45, 7) is 0. The van der Waals surface area contributed by atoms with Crippen molar-refractivity contribution < 1.29 is 0 Å². The van der Waals surface area contributed by atoms with Crippen molar-refractivity contribution in [3.05, 3.63) is 54.4 Å². The van der Waals surface area contributed by atoms with Crippen LogP contribution in [0.3, 0.4) is 0 Å². The maximum absolute atomic E-state index is 6.06. The third-order valence-electron chi connectivity index (χ3n) is 3.92. The SMILES string of the molecule is Nc1nc(CSc2nnc3sc4ccccc4n23)nc2ccccc12. The van der Waals surface area contributed by atoms with Gasteiger partial charge in [0.15, 0.2) is 5.16 Å². The van der Waals surface area contributed by atoms with Gasteiger partial charge in [0.2, 0.25) is 4.96 Å². The van der Waals surface area contributed by atoms with Gasteiger partial charge in [0.1, 0.15) is 11.6 Å². The molecule has 6 nitrogen and oxygen atoms in total. The van der Waals surface area contributed by atoms with Crippen molar-refractivity contribution >= 4 is 55.0 Å². The van der Waals surface area contributed by atoms with Crippen LogP contribution in [0.5, 0.6) is 0 Å². The number of benzene rings is 2. The summed E-state index contributed by atoms with van der Waals surface area (Å²) >= 11 is 3.20. The maximum Gasteiger partial charge on any atom is 0.217 e. The van der Waals surface area contributed by atoms with Gasteiger partial charge in [-0.1, -0.05) is 47.4 Å². The van der Waals surface area contributed by atoms with Crippen molar-refractivity contribution in [2.45, 2.75) is 10.9 Å². The van der Waals surface area contributed by atoms with Crippen molar-refractivity contribution in [2.24, 2.45) is 0 Å². The second-order valence-corrected chi connectivity index (χ2v) is 7.45. The zero-order valence-corrected chi connectivity index (χ0v) is 14.6. The molecule has 0 saturated heterocycles. The molecule has 5 rings (SSSR count). The molecule has 3 heterocycles. The van der Waals surface area contributed by atoms with Crippen LogP contribution in [0.2, 0.25) is 0 Å². The van der Waals surface area contributed by atoms with E-state index in [-0.39, 0.29) is 0 Å². The van der Waals surface area contributed by atoms with E-state index in [4.69, 9.17) is 5.73 Å². The van der Waals surface area contributed by atoms with Crippen molar-refractivity contribution in [1.82, 2.24) is 24.6 Å². The van der Waals surface area contributed by atoms with Gasteiger partial charge in [-0.15, -0.1) is 10.2 Å². The minimum Gasteiger partial charge on any atom is -0.383 e. The Labute approximate surface area is 150 Å². The topological polar surface area (TPSA) is 82.0 Å². The number of nitrogens with two attached hydrogens (primary N) is 1. The molecule has 0 fully saturated rings. The lowest BCUT2D eigenvalue weighted by Crippen LogP contribution is -2.00. The van der Waals surface area contributed by atoms with Crippen molar-refractivity contribution in [3.8, 4) is 0 Å². The third kappa shape index (κ3) is 2.41. The highest BCUT2D eigenvalue weighted by Gasteiger charge is 2.13. The van der Waals surface area contributed by atoms with Crippen molar-refractivity contribution in [2.75, 3.05) is 5.73 Å². The second-order valence-electron chi connectivity index (χ2n) is 5.50. The highest BCUT2D eigenvalue weighted by molar-refractivity contribution is 7.98. The molecule has 25 heavy (non-hydrogen) atoms. The predicted octanol–water partition coefficient (Wildman–Crippen LogP) is 3.76. The quantitative estimate of drug-likeness (QED) is 0.491. The molecule has 0 amide bonds. The molecule has 0 spiro atoms. The number of para-hydroxylation sites is 2. The average Bonchev–Trinajstić information content (AvgIpc) is 3.19. The van der Waals surface area contributed by atoms with Crippen LogP contribution < -0.4 is 5.73 Å². The van der Waals surface area contributed by atoms with Gasteiger partial charge in [-0.05, 0) is 24.3 Å². The van der Waals surface area contributed by atoms with Crippen LogP contribution >= 0.6 is 23.1 Å². The minimum atomic E-state index is 0.508. The first kappa shape index (κ1) is 14.6. The highest BCUT2D eigenvalue weighted by atomic mass is 32.2. The van der Waals surface area contributed by atoms with Crippen molar-refractivity contribution in [1.29, 1.82) is 0 Å². The molecule has 8 heteroatoms. The van der Waals surface area contributed by atoms with Crippen LogP contribution in [0.1, 0.15) is 5.82 Å². The normalized spacial score (nSPS) is 11.7. The summed E-state index contributed by atoms with van der Waals surface area (Å²) in [5.74, 6) is 1.78. The Kier molecular flexibility index (Phi) is 3.32. The molecule has 0 radical (unpaired) electrons. The van der Waals surface area contributed by atoms with Gasteiger partial charge in [0, 0.05) is 5.39 Å². The van der Waals surface area contributed by atoms with Gasteiger partial charge < -0.3 is 5.73 Å². The first-order chi connectivity index (χ1) is 12.3. The Morgan fingerprint density at radius 3 is 2.80 bits per heavy atom. The molecular formula is C17H12N6S2. The van der Waals surface area contributed by atoms with Crippen LogP contribution in [0.15, 0.2) is 53.7 Å². The van der Waals surface area contributed by atoms with Gasteiger partial charge in [0.05, 0.1) is 21.5 Å². The number of rotatable bonds is 3. The number of fused-ring (bicyclic) bond motifs is 4. The van der Waals surface area contributed by atoms with Gasteiger partial charge in [-0.2, -0.15) is 0 Å². The van der Waals surface area contributed by atoms with E-state index in [1.165, 1.54) is 4.70 Å². The number of aromatic nitrogens is 5. The molecule has 2 N–H and O–H groups in total. The van der Waals surface area contributed by atoms with Crippen LogP contribution in [0.25, 0.3) is 26.1 Å². The van der Waals surface area contributed by atoms with E-state index in [2.05, 4.69) is 36.7 Å². The van der Waals surface area contributed by atoms with E-state index >= 15 is 0 Å². The Hall–Kier alpha value is -2.71. The summed E-state index contributed by atoms with van der Waals surface area (Å²) < 4.78 is 3.27. The standard InChI is InChI=1S/C17H12N6S2/c18-15-10-5-1-2-6-11(10)19-14(20-15)9-24-16-21-22-17-23(16)12-7-3-4-8-13(12)25-17/h1-8H,9H2,(H2,18,19,20). The summed E-state index contributed by atoms with van der Waals surface area (Å²) in [5, 5.41) is 10.3. The number of nitrogens with zero attached hydrogens (tertiary/aromatic N) is 5. The second kappa shape index (κ2) is 5.68. The molecule has 0 atom stereocenters. The first-order valence-corrected chi connectivity index (χ1v) is 9.46. The monoisotopic (exact) mass is 364 g/mol. The summed E-state index contributed by atoms with van der Waals surface area (Å²) in [7, 11) is 0. The number of anilines is 1. The van der Waals surface area contributed by atoms with E-state index < -0.39 is 0 Å². The van der Waals surface area contributed by atoms with Crippen LogP contribution in [-0.4, -0.2) is 24.6 Å². The molecule has 3 aromatic heterocycles. The predicted molar refractivity (Wildman–Crippen MR) is 102 cm³/mol. The van der Waals surface area contributed by atoms with E-state index in [1.807, 2.05) is 36.4 Å². The lowest BCUT2D eigenvalue weighted by Gasteiger charge is -2.04. The maximum atomic E-state index is 6.06. The lowest BCUT2D eigenvalue weighted by atomic mass is 10.2. The number of thioether (sulfide) groups is 1. The zero-order valence-electron chi connectivity index (χ0n) is 13.0. The minimum absolute atomic E-state index is 0.508. The molecule has 0 saturated carbocycles. The largest absolute Gasteiger partial charge is 0.383 e. The van der Waals surface area contributed by atoms with Gasteiger partial charge in [0.25, 0.3) is 0 Å². The summed E-state index contributed by atoms with van der Waals surface area (Å²) in [4.78, 5) is 9.91. The van der Waals surface area contributed by atoms with Gasteiger partial charge in [-0.25, -0.2) is 9.97 Å². The van der Waals surface area contributed by atoms with Crippen LogP contribution in [0, 0.1) is 0 Å². The highest BCUT2D eigenvalue weighted by Crippen LogP contribution is 2.30. The van der Waals surface area contributed by atoms with E-state index in [0.29, 0.717) is 17.4 Å². The Morgan fingerprint density at radius 2 is 1.84 bits per heavy atom. The first-order valence-electron chi connectivity index (χ1n) is 7.66. The molecule has 2 aromatic carbocycles. The molecule has 0 aliphatic heterocycles. The fourth-order valence-corrected chi connectivity index (χ4v) is 4.62. The molecular weight excluding hydrogens is 352 g/mol. The number of hydrogen-bond donors (Lipinski definition) is 1. The number of thiazole rings is 1. The average molecular weight is 364 g/mol. The van der Waals surface area contributed by atoms with E-state index in [9.17, 15) is 0 Å². The smallest absolute Gasteiger partial charge is 0.217 e. The summed E-state index contributed by atoms with van der Waals surface area (Å²) in [5.41, 5.74) is 8.04. The number of hydrogen-bond acceptors (Lipinski definition) is 7. The fourth-order valence-electron chi connectivity index (χ4n) is 2.79. The molecule has 5 aromatic rings. The van der Waals surface area contributed by atoms with E-state index in [1.54, 1.807) is 23.1 Å². The van der Waals surface area contributed by atoms with Gasteiger partial charge in [-0.3, -0.25) is 4.40 Å². The molecule has 0 unspecified atom stereocenters. The molecule has 0 aliphatic rings. The van der Waals surface area contributed by atoms with Crippen LogP contribution in [0.4, 0.5) is 5.82 Å². The van der Waals surface area contributed by atoms with E-state index in [0.717, 1.165) is 26.5 Å². The molecule has 0 bridgehead atoms. The third-order valence-corrected chi connectivity index (χ3v) is 5.86. The summed E-state index contributed by atoms with van der Waals surface area (Å²) in [6, 6.07) is 16.0. The zero-order chi connectivity index (χ0) is 16.8. The molecule has 122 valence electrons. The molecule has 0 aliphatic carbocycles. The summed E-state index contributed by atoms with van der Waals surface area (Å²) in [6.07, 6.45) is 0.